The van der Waals surface area contributed by atoms with E-state index in [1.807, 2.05) is 0 Å². The first-order valence-electron chi connectivity index (χ1n) is 7.07. The number of hydrogen-bond acceptors (Lipinski definition) is 3. The Kier molecular flexibility index (Phi) is 11.3. The molecule has 0 spiro atoms. The average Bonchev–Trinajstić information content (AvgIpc) is 2.36. The van der Waals surface area contributed by atoms with E-state index in [0.717, 1.165) is 25.7 Å². The SMILES string of the molecule is CCCC(CCNC(=O)CCCOC)CCC(=O)O. The minimum absolute atomic E-state index is 0.0468. The monoisotopic (exact) mass is 273 g/mol. The van der Waals surface area contributed by atoms with Crippen LogP contribution in [0.15, 0.2) is 0 Å². The highest BCUT2D eigenvalue weighted by atomic mass is 16.5. The molecule has 0 aromatic rings. The molecule has 0 bridgehead atoms. The molecule has 5 heteroatoms. The second-order valence-electron chi connectivity index (χ2n) is 4.82. The van der Waals surface area contributed by atoms with Crippen LogP contribution in [0.1, 0.15) is 51.9 Å². The van der Waals surface area contributed by atoms with Crippen LogP contribution in [-0.2, 0) is 14.3 Å². The molecule has 5 nitrogen and oxygen atoms in total. The first-order chi connectivity index (χ1) is 9.10. The fourth-order valence-electron chi connectivity index (χ4n) is 2.05. The number of rotatable bonds is 12. The number of carbonyl (C=O) groups excluding carboxylic acids is 1. The van der Waals surface area contributed by atoms with Crippen LogP contribution in [0.25, 0.3) is 0 Å². The Hall–Kier alpha value is -1.10. The van der Waals surface area contributed by atoms with Crippen LogP contribution in [0.5, 0.6) is 0 Å². The van der Waals surface area contributed by atoms with Gasteiger partial charge in [-0.2, -0.15) is 0 Å². The van der Waals surface area contributed by atoms with Crippen LogP contribution in [0.4, 0.5) is 0 Å². The van der Waals surface area contributed by atoms with Gasteiger partial charge in [0, 0.05) is 33.1 Å². The number of carboxylic acids is 1. The molecule has 0 radical (unpaired) electrons. The molecule has 1 unspecified atom stereocenters. The third kappa shape index (κ3) is 11.7. The van der Waals surface area contributed by atoms with Gasteiger partial charge in [-0.3, -0.25) is 9.59 Å². The topological polar surface area (TPSA) is 75.6 Å². The molecule has 0 aromatic heterocycles. The van der Waals surface area contributed by atoms with Gasteiger partial charge >= 0.3 is 5.97 Å². The summed E-state index contributed by atoms with van der Waals surface area (Å²) in [5.74, 6) is -0.310. The summed E-state index contributed by atoms with van der Waals surface area (Å²) in [6, 6.07) is 0. The van der Waals surface area contributed by atoms with Gasteiger partial charge in [-0.05, 0) is 25.2 Å². The third-order valence-electron chi connectivity index (χ3n) is 3.09. The van der Waals surface area contributed by atoms with E-state index in [0.29, 0.717) is 31.9 Å². The van der Waals surface area contributed by atoms with Gasteiger partial charge in [0.2, 0.25) is 5.91 Å². The predicted octanol–water partition coefficient (Wildman–Crippen LogP) is 2.20. The summed E-state index contributed by atoms with van der Waals surface area (Å²) in [6.07, 6.45) is 5.06. The first-order valence-corrected chi connectivity index (χ1v) is 7.07. The highest BCUT2D eigenvalue weighted by Gasteiger charge is 2.10. The Labute approximate surface area is 115 Å². The van der Waals surface area contributed by atoms with Gasteiger partial charge in [-0.15, -0.1) is 0 Å². The highest BCUT2D eigenvalue weighted by molar-refractivity contribution is 5.75. The summed E-state index contributed by atoms with van der Waals surface area (Å²) in [5.41, 5.74) is 0. The molecule has 0 heterocycles. The number of carboxylic acid groups (broad SMARTS) is 1. The number of ether oxygens (including phenoxy) is 1. The second kappa shape index (κ2) is 12.0. The lowest BCUT2D eigenvalue weighted by Crippen LogP contribution is -2.26. The van der Waals surface area contributed by atoms with Crippen LogP contribution >= 0.6 is 0 Å². The van der Waals surface area contributed by atoms with Crippen molar-refractivity contribution >= 4 is 11.9 Å². The molecule has 1 amide bonds. The van der Waals surface area contributed by atoms with Crippen molar-refractivity contribution in [2.75, 3.05) is 20.3 Å². The molecule has 0 fully saturated rings. The van der Waals surface area contributed by atoms with E-state index >= 15 is 0 Å². The zero-order chi connectivity index (χ0) is 14.5. The molecule has 0 saturated carbocycles. The van der Waals surface area contributed by atoms with Gasteiger partial charge in [0.15, 0.2) is 0 Å². The lowest BCUT2D eigenvalue weighted by atomic mass is 9.94. The second-order valence-corrected chi connectivity index (χ2v) is 4.82. The van der Waals surface area contributed by atoms with Crippen molar-refractivity contribution in [3.8, 4) is 0 Å². The lowest BCUT2D eigenvalue weighted by Gasteiger charge is -2.15. The minimum atomic E-state index is -0.746. The molecule has 0 saturated heterocycles. The molecule has 19 heavy (non-hydrogen) atoms. The van der Waals surface area contributed by atoms with Crippen LogP contribution in [0.3, 0.4) is 0 Å². The van der Waals surface area contributed by atoms with Crippen molar-refractivity contribution < 1.29 is 19.4 Å². The quantitative estimate of drug-likeness (QED) is 0.534. The Balaban J connectivity index is 3.72. The minimum Gasteiger partial charge on any atom is -0.481 e. The zero-order valence-electron chi connectivity index (χ0n) is 12.1. The normalized spacial score (nSPS) is 12.1. The first kappa shape index (κ1) is 17.9. The number of amides is 1. The van der Waals surface area contributed by atoms with Crippen LogP contribution in [0.2, 0.25) is 0 Å². The molecule has 0 aromatic carbocycles. The fourth-order valence-corrected chi connectivity index (χ4v) is 2.05. The number of aliphatic carboxylic acids is 1. The fraction of sp³-hybridized carbons (Fsp3) is 0.857. The van der Waals surface area contributed by atoms with Crippen LogP contribution < -0.4 is 5.32 Å². The van der Waals surface area contributed by atoms with Gasteiger partial charge in [-0.25, -0.2) is 0 Å². The molecule has 0 aliphatic carbocycles. The third-order valence-corrected chi connectivity index (χ3v) is 3.09. The van der Waals surface area contributed by atoms with E-state index in [1.165, 1.54) is 0 Å². The van der Waals surface area contributed by atoms with Crippen molar-refractivity contribution in [3.05, 3.63) is 0 Å². The predicted molar refractivity (Wildman–Crippen MR) is 74.0 cm³/mol. The van der Waals surface area contributed by atoms with Gasteiger partial charge < -0.3 is 15.2 Å². The summed E-state index contributed by atoms with van der Waals surface area (Å²) in [6.45, 7) is 3.33. The maximum absolute atomic E-state index is 11.5. The Morgan fingerprint density at radius 3 is 2.53 bits per heavy atom. The van der Waals surface area contributed by atoms with Crippen LogP contribution in [0, 0.1) is 5.92 Å². The summed E-state index contributed by atoms with van der Waals surface area (Å²) < 4.78 is 4.89. The average molecular weight is 273 g/mol. The summed E-state index contributed by atoms with van der Waals surface area (Å²) >= 11 is 0. The number of carbonyl (C=O) groups is 2. The maximum Gasteiger partial charge on any atom is 0.303 e. The standard InChI is InChI=1S/C14H27NO4/c1-3-5-12(7-8-14(17)18)9-10-15-13(16)6-4-11-19-2/h12H,3-11H2,1-2H3,(H,15,16)(H,17,18). The molecule has 0 aliphatic heterocycles. The lowest BCUT2D eigenvalue weighted by molar-refractivity contribution is -0.137. The molecule has 1 atom stereocenters. The van der Waals surface area contributed by atoms with E-state index in [-0.39, 0.29) is 12.3 Å². The summed E-state index contributed by atoms with van der Waals surface area (Å²) in [4.78, 5) is 22.0. The highest BCUT2D eigenvalue weighted by Crippen LogP contribution is 2.17. The van der Waals surface area contributed by atoms with Crippen molar-refractivity contribution in [1.82, 2.24) is 5.32 Å². The maximum atomic E-state index is 11.5. The van der Waals surface area contributed by atoms with E-state index in [4.69, 9.17) is 9.84 Å². The van der Waals surface area contributed by atoms with Crippen molar-refractivity contribution in [3.63, 3.8) is 0 Å². The Bertz CT molecular complexity index is 256. The summed E-state index contributed by atoms with van der Waals surface area (Å²) in [7, 11) is 1.62. The molecule has 0 aliphatic rings. The van der Waals surface area contributed by atoms with Gasteiger partial charge in [-0.1, -0.05) is 19.8 Å². The number of hydrogen-bond donors (Lipinski definition) is 2. The molecule has 112 valence electrons. The number of methoxy groups -OCH3 is 1. The molecule has 0 rings (SSSR count). The van der Waals surface area contributed by atoms with Crippen molar-refractivity contribution in [2.45, 2.75) is 51.9 Å². The van der Waals surface area contributed by atoms with Gasteiger partial charge in [0.05, 0.1) is 0 Å². The Morgan fingerprint density at radius 2 is 1.95 bits per heavy atom. The van der Waals surface area contributed by atoms with E-state index in [9.17, 15) is 9.59 Å². The largest absolute Gasteiger partial charge is 0.481 e. The molecule has 2 N–H and O–H groups in total. The van der Waals surface area contributed by atoms with Crippen LogP contribution in [-0.4, -0.2) is 37.2 Å². The molecular weight excluding hydrogens is 246 g/mol. The van der Waals surface area contributed by atoms with E-state index in [2.05, 4.69) is 12.2 Å². The van der Waals surface area contributed by atoms with Gasteiger partial charge in [0.25, 0.3) is 0 Å². The van der Waals surface area contributed by atoms with E-state index < -0.39 is 5.97 Å². The van der Waals surface area contributed by atoms with Crippen molar-refractivity contribution in [1.29, 1.82) is 0 Å². The van der Waals surface area contributed by atoms with Gasteiger partial charge in [0.1, 0.15) is 0 Å². The molecular formula is C14H27NO4. The summed E-state index contributed by atoms with van der Waals surface area (Å²) in [5, 5.41) is 11.6. The van der Waals surface area contributed by atoms with Crippen molar-refractivity contribution in [2.24, 2.45) is 5.92 Å². The number of nitrogens with one attached hydrogen (secondary N) is 1. The smallest absolute Gasteiger partial charge is 0.303 e. The van der Waals surface area contributed by atoms with E-state index in [1.54, 1.807) is 7.11 Å². The Morgan fingerprint density at radius 1 is 1.21 bits per heavy atom. The zero-order valence-corrected chi connectivity index (χ0v) is 12.1.